The van der Waals surface area contributed by atoms with Crippen molar-refractivity contribution in [2.75, 3.05) is 17.2 Å². The molecule has 4 heteroatoms. The van der Waals surface area contributed by atoms with Crippen molar-refractivity contribution in [2.24, 2.45) is 0 Å². The zero-order chi connectivity index (χ0) is 14.2. The number of carbonyl (C=O) groups excluding carboxylic acids is 1. The Labute approximate surface area is 115 Å². The minimum Gasteiger partial charge on any atom is -0.398 e. The first-order valence-electron chi connectivity index (χ1n) is 6.75. The van der Waals surface area contributed by atoms with Gasteiger partial charge >= 0.3 is 0 Å². The number of nitrogens with two attached hydrogens (primary N) is 1. The van der Waals surface area contributed by atoms with Crippen LogP contribution in [0.25, 0.3) is 0 Å². The van der Waals surface area contributed by atoms with Crippen LogP contribution in [0, 0.1) is 0 Å². The van der Waals surface area contributed by atoms with Crippen LogP contribution in [-0.2, 0) is 11.2 Å². The second-order valence-electron chi connectivity index (χ2n) is 6.20. The van der Waals surface area contributed by atoms with E-state index in [-0.39, 0.29) is 17.5 Å². The minimum atomic E-state index is -0.205. The monoisotopic (exact) mass is 261 g/mol. The number of nitrogens with zero attached hydrogens (tertiary/aromatic N) is 1. The first-order chi connectivity index (χ1) is 8.79. The summed E-state index contributed by atoms with van der Waals surface area (Å²) in [7, 11) is 0. The molecule has 2 rings (SSSR count). The summed E-state index contributed by atoms with van der Waals surface area (Å²) in [6, 6.07) is 5.73. The van der Waals surface area contributed by atoms with Gasteiger partial charge in [-0.25, -0.2) is 0 Å². The molecule has 0 fully saturated rings. The predicted octanol–water partition coefficient (Wildman–Crippen LogP) is 1.93. The minimum absolute atomic E-state index is 0.0581. The number of fused-ring (bicyclic) bond motifs is 1. The number of nitrogen functional groups attached to an aromatic ring is 1. The fraction of sp³-hybridized carbons (Fsp3) is 0.533. The fourth-order valence-corrected chi connectivity index (χ4v) is 2.50. The van der Waals surface area contributed by atoms with Crippen molar-refractivity contribution < 1.29 is 4.79 Å². The molecule has 0 spiro atoms. The maximum Gasteiger partial charge on any atom is 0.242 e. The third-order valence-electron chi connectivity index (χ3n) is 3.44. The molecule has 1 amide bonds. The van der Waals surface area contributed by atoms with Crippen molar-refractivity contribution in [3.05, 3.63) is 23.8 Å². The lowest BCUT2D eigenvalue weighted by Gasteiger charge is -2.30. The number of amides is 1. The van der Waals surface area contributed by atoms with Gasteiger partial charge in [-0.15, -0.1) is 0 Å². The first kappa shape index (κ1) is 13.7. The molecular weight excluding hydrogens is 238 g/mol. The van der Waals surface area contributed by atoms with Gasteiger partial charge in [0.15, 0.2) is 0 Å². The van der Waals surface area contributed by atoms with E-state index in [9.17, 15) is 4.79 Å². The summed E-state index contributed by atoms with van der Waals surface area (Å²) < 4.78 is 0. The van der Waals surface area contributed by atoms with Crippen LogP contribution in [0.15, 0.2) is 18.2 Å². The van der Waals surface area contributed by atoms with E-state index >= 15 is 0 Å². The number of hydrogen-bond donors (Lipinski definition) is 2. The zero-order valence-electron chi connectivity index (χ0n) is 12.2. The first-order valence-corrected chi connectivity index (χ1v) is 6.75. The molecule has 4 nitrogen and oxygen atoms in total. The third kappa shape index (κ3) is 2.83. The molecule has 0 radical (unpaired) electrons. The van der Waals surface area contributed by atoms with E-state index < -0.39 is 0 Å². The van der Waals surface area contributed by atoms with Gasteiger partial charge in [-0.2, -0.15) is 0 Å². The van der Waals surface area contributed by atoms with Gasteiger partial charge in [0, 0.05) is 29.0 Å². The molecule has 0 bridgehead atoms. The smallest absolute Gasteiger partial charge is 0.242 e. The Bertz CT molecular complexity index is 491. The number of hydrogen-bond acceptors (Lipinski definition) is 3. The second-order valence-corrected chi connectivity index (χ2v) is 6.20. The SMILES string of the molecule is CC(C(=O)NC(C)(C)C)N1CCc2c(N)cccc21. The average molecular weight is 261 g/mol. The fourth-order valence-electron chi connectivity index (χ4n) is 2.50. The van der Waals surface area contributed by atoms with Crippen molar-refractivity contribution in [2.45, 2.75) is 45.7 Å². The Morgan fingerprint density at radius 1 is 1.42 bits per heavy atom. The molecular formula is C15H23N3O. The van der Waals surface area contributed by atoms with Crippen LogP contribution in [0.3, 0.4) is 0 Å². The highest BCUT2D eigenvalue weighted by atomic mass is 16.2. The van der Waals surface area contributed by atoms with Crippen molar-refractivity contribution in [3.8, 4) is 0 Å². The van der Waals surface area contributed by atoms with Crippen molar-refractivity contribution in [3.63, 3.8) is 0 Å². The van der Waals surface area contributed by atoms with Gasteiger partial charge in [0.1, 0.15) is 6.04 Å². The molecule has 1 unspecified atom stereocenters. The molecule has 0 aromatic heterocycles. The second kappa shape index (κ2) is 4.76. The van der Waals surface area contributed by atoms with Gasteiger partial charge in [0.05, 0.1) is 0 Å². The van der Waals surface area contributed by atoms with E-state index in [1.54, 1.807) is 0 Å². The molecule has 1 aliphatic rings. The summed E-state index contributed by atoms with van der Waals surface area (Å²) in [4.78, 5) is 14.4. The lowest BCUT2D eigenvalue weighted by Crippen LogP contribution is -2.50. The molecule has 1 aromatic carbocycles. The topological polar surface area (TPSA) is 58.4 Å². The van der Waals surface area contributed by atoms with Crippen LogP contribution in [0.5, 0.6) is 0 Å². The van der Waals surface area contributed by atoms with Crippen molar-refractivity contribution in [1.82, 2.24) is 5.32 Å². The van der Waals surface area contributed by atoms with Gasteiger partial charge in [-0.3, -0.25) is 4.79 Å². The van der Waals surface area contributed by atoms with E-state index in [2.05, 4.69) is 10.2 Å². The summed E-state index contributed by atoms with van der Waals surface area (Å²) in [6.07, 6.45) is 0.912. The molecule has 0 saturated heterocycles. The maximum absolute atomic E-state index is 12.3. The number of carbonyl (C=O) groups is 1. The van der Waals surface area contributed by atoms with Crippen LogP contribution in [0.2, 0.25) is 0 Å². The summed E-state index contributed by atoms with van der Waals surface area (Å²) >= 11 is 0. The molecule has 1 aliphatic heterocycles. The largest absolute Gasteiger partial charge is 0.398 e. The summed E-state index contributed by atoms with van der Waals surface area (Å²) in [6.45, 7) is 8.77. The maximum atomic E-state index is 12.3. The lowest BCUT2D eigenvalue weighted by atomic mass is 10.1. The van der Waals surface area contributed by atoms with Gasteiger partial charge in [-0.1, -0.05) is 6.07 Å². The highest BCUT2D eigenvalue weighted by Crippen LogP contribution is 2.33. The Balaban J connectivity index is 2.17. The van der Waals surface area contributed by atoms with Gasteiger partial charge in [0.2, 0.25) is 5.91 Å². The van der Waals surface area contributed by atoms with Gasteiger partial charge in [0.25, 0.3) is 0 Å². The van der Waals surface area contributed by atoms with Crippen molar-refractivity contribution in [1.29, 1.82) is 0 Å². The highest BCUT2D eigenvalue weighted by Gasteiger charge is 2.30. The van der Waals surface area contributed by atoms with Gasteiger partial charge < -0.3 is 16.0 Å². The quantitative estimate of drug-likeness (QED) is 0.800. The molecule has 1 atom stereocenters. The lowest BCUT2D eigenvalue weighted by molar-refractivity contribution is -0.123. The normalized spacial score (nSPS) is 16.1. The predicted molar refractivity (Wildman–Crippen MR) is 79.3 cm³/mol. The third-order valence-corrected chi connectivity index (χ3v) is 3.44. The Kier molecular flexibility index (Phi) is 3.43. The van der Waals surface area contributed by atoms with E-state index in [0.29, 0.717) is 0 Å². The van der Waals surface area contributed by atoms with Crippen LogP contribution < -0.4 is 16.0 Å². The van der Waals surface area contributed by atoms with Crippen LogP contribution in [0.1, 0.15) is 33.3 Å². The number of benzene rings is 1. The number of rotatable bonds is 2. The molecule has 3 N–H and O–H groups in total. The number of anilines is 2. The molecule has 0 aliphatic carbocycles. The van der Waals surface area contributed by atoms with E-state index in [4.69, 9.17) is 5.73 Å². The van der Waals surface area contributed by atoms with Crippen LogP contribution in [0.4, 0.5) is 11.4 Å². The zero-order valence-corrected chi connectivity index (χ0v) is 12.2. The molecule has 104 valence electrons. The summed E-state index contributed by atoms with van der Waals surface area (Å²) in [5, 5.41) is 3.03. The Hall–Kier alpha value is -1.71. The molecule has 0 saturated carbocycles. The van der Waals surface area contributed by atoms with Crippen molar-refractivity contribution >= 4 is 17.3 Å². The van der Waals surface area contributed by atoms with Gasteiger partial charge in [-0.05, 0) is 46.2 Å². The Morgan fingerprint density at radius 2 is 2.11 bits per heavy atom. The van der Waals surface area contributed by atoms with Crippen LogP contribution in [-0.4, -0.2) is 24.0 Å². The van der Waals surface area contributed by atoms with Crippen LogP contribution >= 0.6 is 0 Å². The van der Waals surface area contributed by atoms with E-state index in [1.807, 2.05) is 45.9 Å². The van der Waals surface area contributed by atoms with E-state index in [1.165, 1.54) is 0 Å². The van der Waals surface area contributed by atoms with E-state index in [0.717, 1.165) is 29.9 Å². The molecule has 1 heterocycles. The highest BCUT2D eigenvalue weighted by molar-refractivity contribution is 5.86. The molecule has 1 aromatic rings. The average Bonchev–Trinajstić information content (AvgIpc) is 2.71. The number of nitrogens with one attached hydrogen (secondary N) is 1. The summed E-state index contributed by atoms with van der Waals surface area (Å²) in [5.74, 6) is 0.0581. The molecule has 19 heavy (non-hydrogen) atoms. The Morgan fingerprint density at radius 3 is 2.74 bits per heavy atom. The standard InChI is InChI=1S/C15H23N3O/c1-10(14(19)17-15(2,3)4)18-9-8-11-12(16)6-5-7-13(11)18/h5-7,10H,8-9,16H2,1-4H3,(H,17,19). The summed E-state index contributed by atoms with van der Waals surface area (Å²) in [5.41, 5.74) is 8.86.